The molecule has 6 heteroatoms. The fourth-order valence-electron chi connectivity index (χ4n) is 7.81. The van der Waals surface area contributed by atoms with Crippen molar-refractivity contribution in [3.05, 3.63) is 48.6 Å². The van der Waals surface area contributed by atoms with Gasteiger partial charge in [0.1, 0.15) is 13.2 Å². The summed E-state index contributed by atoms with van der Waals surface area (Å²) in [6.45, 7) is 6.60. The molecule has 0 saturated heterocycles. The van der Waals surface area contributed by atoms with Gasteiger partial charge in [0.25, 0.3) is 0 Å². The number of hydrogen-bond acceptors (Lipinski definition) is 6. The van der Waals surface area contributed by atoms with Gasteiger partial charge >= 0.3 is 17.9 Å². The van der Waals surface area contributed by atoms with Gasteiger partial charge < -0.3 is 14.2 Å². The van der Waals surface area contributed by atoms with Crippen LogP contribution in [-0.4, -0.2) is 37.2 Å². The highest BCUT2D eigenvalue weighted by Crippen LogP contribution is 2.15. The molecule has 0 aliphatic rings. The zero-order valence-corrected chi connectivity index (χ0v) is 42.6. The number of unbranched alkanes of at least 4 members (excludes halogenated alkanes) is 31. The zero-order chi connectivity index (χ0) is 46.5. The highest BCUT2D eigenvalue weighted by molar-refractivity contribution is 5.71. The number of ether oxygens (including phenoxy) is 3. The zero-order valence-electron chi connectivity index (χ0n) is 42.6. The van der Waals surface area contributed by atoms with Gasteiger partial charge in [0.05, 0.1) is 0 Å². The molecule has 0 rings (SSSR count). The second kappa shape index (κ2) is 53.0. The Morgan fingerprint density at radius 2 is 0.562 bits per heavy atom. The summed E-state index contributed by atoms with van der Waals surface area (Å²) in [5, 5.41) is 0. The van der Waals surface area contributed by atoms with Gasteiger partial charge in [0.15, 0.2) is 6.10 Å². The molecular formula is C58H104O6. The van der Waals surface area contributed by atoms with Gasteiger partial charge in [0, 0.05) is 19.3 Å². The van der Waals surface area contributed by atoms with Crippen molar-refractivity contribution in [2.45, 2.75) is 290 Å². The van der Waals surface area contributed by atoms with E-state index in [0.29, 0.717) is 19.3 Å². The second-order valence-corrected chi connectivity index (χ2v) is 18.5. The minimum atomic E-state index is -0.783. The van der Waals surface area contributed by atoms with Crippen molar-refractivity contribution in [3.8, 4) is 0 Å². The highest BCUT2D eigenvalue weighted by Gasteiger charge is 2.19. The predicted octanol–water partition coefficient (Wildman–Crippen LogP) is 18.3. The third-order valence-electron chi connectivity index (χ3n) is 12.0. The van der Waals surface area contributed by atoms with Crippen molar-refractivity contribution in [3.63, 3.8) is 0 Å². The maximum atomic E-state index is 12.8. The molecule has 0 aliphatic carbocycles. The van der Waals surface area contributed by atoms with Gasteiger partial charge in [-0.15, -0.1) is 0 Å². The molecule has 0 bridgehead atoms. The van der Waals surface area contributed by atoms with E-state index in [4.69, 9.17) is 14.2 Å². The van der Waals surface area contributed by atoms with Crippen LogP contribution in [0.3, 0.4) is 0 Å². The van der Waals surface area contributed by atoms with Crippen LogP contribution in [-0.2, 0) is 28.6 Å². The second-order valence-electron chi connectivity index (χ2n) is 18.5. The summed E-state index contributed by atoms with van der Waals surface area (Å²) < 4.78 is 16.8. The van der Waals surface area contributed by atoms with Crippen molar-refractivity contribution in [1.29, 1.82) is 0 Å². The molecule has 1 atom stereocenters. The van der Waals surface area contributed by atoms with Crippen LogP contribution in [0.5, 0.6) is 0 Å². The SMILES string of the molecule is CCCCC/C=C\C/C=C\CCCCCCCCCC(=O)OCC(COC(=O)CCCCCCC/C=C\CCCCCC)OC(=O)CCCCCCC/C=C\CCCCCCCCC. The first kappa shape index (κ1) is 61.4. The Morgan fingerprint density at radius 1 is 0.312 bits per heavy atom. The monoisotopic (exact) mass is 897 g/mol. The number of rotatable bonds is 50. The Kier molecular flexibility index (Phi) is 50.8. The molecule has 0 fully saturated rings. The summed E-state index contributed by atoms with van der Waals surface area (Å²) in [5.74, 6) is -0.897. The lowest BCUT2D eigenvalue weighted by Gasteiger charge is -2.18. The van der Waals surface area contributed by atoms with Crippen molar-refractivity contribution in [1.82, 2.24) is 0 Å². The minimum absolute atomic E-state index is 0.0821. The summed E-state index contributed by atoms with van der Waals surface area (Å²) in [4.78, 5) is 38.1. The van der Waals surface area contributed by atoms with Gasteiger partial charge in [-0.2, -0.15) is 0 Å². The van der Waals surface area contributed by atoms with E-state index in [0.717, 1.165) is 89.9 Å². The molecule has 0 aromatic heterocycles. The smallest absolute Gasteiger partial charge is 0.306 e. The van der Waals surface area contributed by atoms with Crippen LogP contribution in [0, 0.1) is 0 Å². The summed E-state index contributed by atoms with van der Waals surface area (Å²) in [7, 11) is 0. The molecule has 0 aliphatic heterocycles. The highest BCUT2D eigenvalue weighted by atomic mass is 16.6. The summed E-state index contributed by atoms with van der Waals surface area (Å²) >= 11 is 0. The Bertz CT molecular complexity index is 1120. The lowest BCUT2D eigenvalue weighted by Crippen LogP contribution is -2.30. The fourth-order valence-corrected chi connectivity index (χ4v) is 7.81. The van der Waals surface area contributed by atoms with E-state index < -0.39 is 6.10 Å². The first-order valence-electron chi connectivity index (χ1n) is 27.6. The van der Waals surface area contributed by atoms with E-state index in [1.54, 1.807) is 0 Å². The van der Waals surface area contributed by atoms with Crippen molar-refractivity contribution >= 4 is 17.9 Å². The average molecular weight is 897 g/mol. The van der Waals surface area contributed by atoms with Crippen LogP contribution in [0.15, 0.2) is 48.6 Å². The van der Waals surface area contributed by atoms with Crippen LogP contribution in [0.25, 0.3) is 0 Å². The summed E-state index contributed by atoms with van der Waals surface area (Å²) in [6, 6.07) is 0. The largest absolute Gasteiger partial charge is 0.462 e. The summed E-state index contributed by atoms with van der Waals surface area (Å²) in [6.07, 6.45) is 63.8. The van der Waals surface area contributed by atoms with E-state index in [1.165, 1.54) is 154 Å². The lowest BCUT2D eigenvalue weighted by molar-refractivity contribution is -0.167. The third-order valence-corrected chi connectivity index (χ3v) is 12.0. The van der Waals surface area contributed by atoms with Gasteiger partial charge in [-0.3, -0.25) is 14.4 Å². The van der Waals surface area contributed by atoms with Gasteiger partial charge in [-0.1, -0.05) is 211 Å². The molecule has 372 valence electrons. The average Bonchev–Trinajstić information content (AvgIpc) is 3.29. The van der Waals surface area contributed by atoms with E-state index >= 15 is 0 Å². The molecule has 0 heterocycles. The van der Waals surface area contributed by atoms with Crippen LogP contribution in [0.1, 0.15) is 284 Å². The van der Waals surface area contributed by atoms with Gasteiger partial charge in [-0.05, 0) is 103 Å². The van der Waals surface area contributed by atoms with Crippen LogP contribution in [0.2, 0.25) is 0 Å². The first-order valence-corrected chi connectivity index (χ1v) is 27.6. The van der Waals surface area contributed by atoms with Crippen LogP contribution < -0.4 is 0 Å². The number of allylic oxidation sites excluding steroid dienone is 8. The van der Waals surface area contributed by atoms with Crippen LogP contribution >= 0.6 is 0 Å². The molecule has 0 N–H and O–H groups in total. The quantitative estimate of drug-likeness (QED) is 0.0262. The molecule has 0 spiro atoms. The Morgan fingerprint density at radius 3 is 0.922 bits per heavy atom. The topological polar surface area (TPSA) is 78.9 Å². The standard InChI is InChI=1S/C58H104O6/c1-4-7-10-13-16-19-22-25-27-29-31-33-36-39-42-45-48-51-57(60)63-54-55(53-62-56(59)50-47-44-41-38-35-32-24-21-18-15-12-9-6-3)64-58(61)52-49-46-43-40-37-34-30-28-26-23-20-17-14-11-8-5-2/h16,19,21,24-25,27-28,30,55H,4-15,17-18,20,22-23,26,29,31-54H2,1-3H3/b19-16-,24-21-,27-25-,30-28-. The fraction of sp³-hybridized carbons (Fsp3) is 0.810. The number of carbonyl (C=O) groups excluding carboxylic acids is 3. The van der Waals surface area contributed by atoms with Gasteiger partial charge in [0.2, 0.25) is 0 Å². The molecule has 0 radical (unpaired) electrons. The van der Waals surface area contributed by atoms with E-state index in [-0.39, 0.29) is 31.1 Å². The molecule has 0 saturated carbocycles. The Balaban J connectivity index is 4.39. The number of hydrogen-bond donors (Lipinski definition) is 0. The molecule has 6 nitrogen and oxygen atoms in total. The molecule has 0 aromatic carbocycles. The van der Waals surface area contributed by atoms with E-state index in [2.05, 4.69) is 69.4 Å². The van der Waals surface area contributed by atoms with Gasteiger partial charge in [-0.25, -0.2) is 0 Å². The third kappa shape index (κ3) is 50.4. The predicted molar refractivity (Wildman–Crippen MR) is 275 cm³/mol. The molecule has 0 aromatic rings. The lowest BCUT2D eigenvalue weighted by atomic mass is 10.1. The van der Waals surface area contributed by atoms with E-state index in [1.807, 2.05) is 0 Å². The Hall–Kier alpha value is -2.63. The normalized spacial score (nSPS) is 12.4. The maximum absolute atomic E-state index is 12.8. The molecular weight excluding hydrogens is 793 g/mol. The number of esters is 3. The van der Waals surface area contributed by atoms with Crippen molar-refractivity contribution < 1.29 is 28.6 Å². The van der Waals surface area contributed by atoms with Crippen molar-refractivity contribution in [2.24, 2.45) is 0 Å². The van der Waals surface area contributed by atoms with Crippen LogP contribution in [0.4, 0.5) is 0 Å². The molecule has 64 heavy (non-hydrogen) atoms. The number of carbonyl (C=O) groups is 3. The minimum Gasteiger partial charge on any atom is -0.462 e. The molecule has 1 unspecified atom stereocenters. The maximum Gasteiger partial charge on any atom is 0.306 e. The Labute approximate surface area is 397 Å². The first-order chi connectivity index (χ1) is 31.5. The van der Waals surface area contributed by atoms with Crippen molar-refractivity contribution in [2.75, 3.05) is 13.2 Å². The molecule has 0 amide bonds. The summed E-state index contributed by atoms with van der Waals surface area (Å²) in [5.41, 5.74) is 0. The van der Waals surface area contributed by atoms with E-state index in [9.17, 15) is 14.4 Å².